The highest BCUT2D eigenvalue weighted by molar-refractivity contribution is 4.88. The second kappa shape index (κ2) is 5.48. The Bertz CT molecular complexity index is 212. The minimum Gasteiger partial charge on any atom is -0.390 e. The molecular formula is C13H25NO2. The zero-order valence-corrected chi connectivity index (χ0v) is 10.0. The average molecular weight is 227 g/mol. The van der Waals surface area contributed by atoms with Crippen LogP contribution in [0.25, 0.3) is 0 Å². The van der Waals surface area contributed by atoms with Gasteiger partial charge in [-0.15, -0.1) is 0 Å². The van der Waals surface area contributed by atoms with Gasteiger partial charge >= 0.3 is 0 Å². The van der Waals surface area contributed by atoms with E-state index in [0.717, 1.165) is 12.8 Å². The molecule has 1 unspecified atom stereocenters. The van der Waals surface area contributed by atoms with Gasteiger partial charge in [-0.1, -0.05) is 19.3 Å². The van der Waals surface area contributed by atoms with Crippen molar-refractivity contribution in [1.29, 1.82) is 0 Å². The van der Waals surface area contributed by atoms with Gasteiger partial charge in [0.25, 0.3) is 0 Å². The van der Waals surface area contributed by atoms with Crippen molar-refractivity contribution in [2.75, 3.05) is 0 Å². The highest BCUT2D eigenvalue weighted by Crippen LogP contribution is 2.35. The van der Waals surface area contributed by atoms with Crippen LogP contribution in [0.5, 0.6) is 0 Å². The Morgan fingerprint density at radius 3 is 2.12 bits per heavy atom. The standard InChI is InChI=1S/C13H25NO2/c14-11(9-4-2-1-3-5-9)8-12(15)13(16)10-6-7-10/h9-13,15-16H,1-8,14H2/t11?,12-,13+/m1/s1. The van der Waals surface area contributed by atoms with Crippen molar-refractivity contribution >= 4 is 0 Å². The van der Waals surface area contributed by atoms with Crippen LogP contribution in [0.4, 0.5) is 0 Å². The summed E-state index contributed by atoms with van der Waals surface area (Å²) >= 11 is 0. The van der Waals surface area contributed by atoms with Gasteiger partial charge in [-0.05, 0) is 43.9 Å². The third-order valence-corrected chi connectivity index (χ3v) is 4.27. The lowest BCUT2D eigenvalue weighted by Crippen LogP contribution is -2.39. The lowest BCUT2D eigenvalue weighted by atomic mass is 9.81. The Kier molecular flexibility index (Phi) is 4.22. The van der Waals surface area contributed by atoms with E-state index in [-0.39, 0.29) is 6.04 Å². The fourth-order valence-electron chi connectivity index (χ4n) is 2.92. The molecule has 0 saturated heterocycles. The Morgan fingerprint density at radius 1 is 0.938 bits per heavy atom. The average Bonchev–Trinajstić information content (AvgIpc) is 3.13. The summed E-state index contributed by atoms with van der Waals surface area (Å²) in [6.45, 7) is 0. The van der Waals surface area contributed by atoms with Crippen LogP contribution in [-0.2, 0) is 0 Å². The van der Waals surface area contributed by atoms with E-state index < -0.39 is 12.2 Å². The minimum atomic E-state index is -0.607. The first-order valence-electron chi connectivity index (χ1n) is 6.80. The number of rotatable bonds is 5. The van der Waals surface area contributed by atoms with E-state index in [9.17, 15) is 10.2 Å². The van der Waals surface area contributed by atoms with Crippen LogP contribution in [0.1, 0.15) is 51.4 Å². The molecule has 0 radical (unpaired) electrons. The molecule has 0 aromatic rings. The van der Waals surface area contributed by atoms with Gasteiger partial charge in [0, 0.05) is 6.04 Å². The Hall–Kier alpha value is -0.120. The minimum absolute atomic E-state index is 0.0729. The number of nitrogens with two attached hydrogens (primary N) is 1. The number of aliphatic hydroxyl groups is 2. The zero-order chi connectivity index (χ0) is 11.5. The van der Waals surface area contributed by atoms with E-state index in [1.54, 1.807) is 0 Å². The maximum Gasteiger partial charge on any atom is 0.0827 e. The van der Waals surface area contributed by atoms with Crippen LogP contribution >= 0.6 is 0 Å². The molecule has 0 spiro atoms. The largest absolute Gasteiger partial charge is 0.390 e. The van der Waals surface area contributed by atoms with E-state index in [1.165, 1.54) is 32.1 Å². The molecule has 2 rings (SSSR count). The van der Waals surface area contributed by atoms with Crippen LogP contribution in [-0.4, -0.2) is 28.5 Å². The van der Waals surface area contributed by atoms with E-state index in [0.29, 0.717) is 18.3 Å². The van der Waals surface area contributed by atoms with Crippen LogP contribution in [0.2, 0.25) is 0 Å². The number of hydrogen-bond donors (Lipinski definition) is 3. The monoisotopic (exact) mass is 227 g/mol. The fourth-order valence-corrected chi connectivity index (χ4v) is 2.92. The van der Waals surface area contributed by atoms with Crippen molar-refractivity contribution in [3.05, 3.63) is 0 Å². The van der Waals surface area contributed by atoms with E-state index >= 15 is 0 Å². The second-order valence-corrected chi connectivity index (χ2v) is 5.69. The summed E-state index contributed by atoms with van der Waals surface area (Å²) in [5.74, 6) is 0.906. The Morgan fingerprint density at radius 2 is 1.56 bits per heavy atom. The van der Waals surface area contributed by atoms with Gasteiger partial charge < -0.3 is 15.9 Å². The first-order chi connectivity index (χ1) is 7.68. The van der Waals surface area contributed by atoms with Crippen molar-refractivity contribution in [2.45, 2.75) is 69.6 Å². The zero-order valence-electron chi connectivity index (χ0n) is 10.0. The van der Waals surface area contributed by atoms with Gasteiger partial charge in [0.1, 0.15) is 0 Å². The maximum atomic E-state index is 9.90. The molecule has 2 saturated carbocycles. The van der Waals surface area contributed by atoms with Crippen molar-refractivity contribution < 1.29 is 10.2 Å². The molecule has 0 aromatic heterocycles. The summed E-state index contributed by atoms with van der Waals surface area (Å²) in [5, 5.41) is 19.7. The van der Waals surface area contributed by atoms with Gasteiger partial charge in [0.15, 0.2) is 0 Å². The van der Waals surface area contributed by atoms with Crippen molar-refractivity contribution in [3.8, 4) is 0 Å². The highest BCUT2D eigenvalue weighted by atomic mass is 16.3. The molecule has 94 valence electrons. The quantitative estimate of drug-likeness (QED) is 0.665. The smallest absolute Gasteiger partial charge is 0.0827 e. The molecular weight excluding hydrogens is 202 g/mol. The molecule has 0 amide bonds. The summed E-state index contributed by atoms with van der Waals surface area (Å²) in [5.41, 5.74) is 6.14. The predicted octanol–water partition coefficient (Wildman–Crippen LogP) is 1.42. The summed E-state index contributed by atoms with van der Waals surface area (Å²) < 4.78 is 0. The summed E-state index contributed by atoms with van der Waals surface area (Å²) in [7, 11) is 0. The van der Waals surface area contributed by atoms with Gasteiger partial charge in [0.2, 0.25) is 0 Å². The molecule has 3 atom stereocenters. The lowest BCUT2D eigenvalue weighted by molar-refractivity contribution is -0.00596. The summed E-state index contributed by atoms with van der Waals surface area (Å²) in [4.78, 5) is 0. The summed E-state index contributed by atoms with van der Waals surface area (Å²) in [6.07, 6.45) is 7.85. The molecule has 16 heavy (non-hydrogen) atoms. The van der Waals surface area contributed by atoms with Gasteiger partial charge in [-0.3, -0.25) is 0 Å². The molecule has 3 nitrogen and oxygen atoms in total. The van der Waals surface area contributed by atoms with Crippen LogP contribution < -0.4 is 5.73 Å². The number of aliphatic hydroxyl groups excluding tert-OH is 2. The lowest BCUT2D eigenvalue weighted by Gasteiger charge is -2.30. The molecule has 0 aliphatic heterocycles. The predicted molar refractivity (Wildman–Crippen MR) is 63.9 cm³/mol. The number of hydrogen-bond acceptors (Lipinski definition) is 3. The third-order valence-electron chi connectivity index (χ3n) is 4.27. The SMILES string of the molecule is NC(C[C@@H](O)[C@@H](O)C1CC1)C1CCCCC1. The van der Waals surface area contributed by atoms with E-state index in [2.05, 4.69) is 0 Å². The van der Waals surface area contributed by atoms with Gasteiger partial charge in [-0.25, -0.2) is 0 Å². The van der Waals surface area contributed by atoms with Crippen molar-refractivity contribution in [2.24, 2.45) is 17.6 Å². The van der Waals surface area contributed by atoms with Crippen LogP contribution in [0.15, 0.2) is 0 Å². The first kappa shape index (κ1) is 12.3. The maximum absolute atomic E-state index is 9.90. The third kappa shape index (κ3) is 3.19. The Labute approximate surface area is 98.0 Å². The fraction of sp³-hybridized carbons (Fsp3) is 1.00. The van der Waals surface area contributed by atoms with Gasteiger partial charge in [-0.2, -0.15) is 0 Å². The highest BCUT2D eigenvalue weighted by Gasteiger charge is 2.35. The van der Waals surface area contributed by atoms with Crippen LogP contribution in [0, 0.1) is 11.8 Å². The molecule has 2 aliphatic carbocycles. The van der Waals surface area contributed by atoms with E-state index in [1.807, 2.05) is 0 Å². The molecule has 3 heteroatoms. The normalized spacial score (nSPS) is 28.7. The molecule has 2 fully saturated rings. The van der Waals surface area contributed by atoms with Crippen molar-refractivity contribution in [3.63, 3.8) is 0 Å². The molecule has 0 bridgehead atoms. The molecule has 0 heterocycles. The van der Waals surface area contributed by atoms with Crippen LogP contribution in [0.3, 0.4) is 0 Å². The van der Waals surface area contributed by atoms with E-state index in [4.69, 9.17) is 5.73 Å². The van der Waals surface area contributed by atoms with Gasteiger partial charge in [0.05, 0.1) is 12.2 Å². The molecule has 2 aliphatic rings. The topological polar surface area (TPSA) is 66.5 Å². The Balaban J connectivity index is 1.73. The second-order valence-electron chi connectivity index (χ2n) is 5.69. The molecule has 0 aromatic carbocycles. The molecule has 4 N–H and O–H groups in total. The summed E-state index contributed by atoms with van der Waals surface area (Å²) in [6, 6.07) is 0.0729. The van der Waals surface area contributed by atoms with Crippen molar-refractivity contribution in [1.82, 2.24) is 0 Å². The first-order valence-corrected chi connectivity index (χ1v) is 6.80.